The summed E-state index contributed by atoms with van der Waals surface area (Å²) >= 11 is 3.19. The summed E-state index contributed by atoms with van der Waals surface area (Å²) in [5.41, 5.74) is 2.72. The summed E-state index contributed by atoms with van der Waals surface area (Å²) in [5, 5.41) is 6.98. The first-order valence-electron chi connectivity index (χ1n) is 9.99. The van der Waals surface area contributed by atoms with Gasteiger partial charge in [-0.05, 0) is 54.1 Å². The van der Waals surface area contributed by atoms with Crippen LogP contribution in [0.3, 0.4) is 0 Å². The smallest absolute Gasteiger partial charge is 0.251 e. The van der Waals surface area contributed by atoms with E-state index in [0.717, 1.165) is 44.4 Å². The molecule has 1 amide bonds. The Balaban J connectivity index is 1.41. The van der Waals surface area contributed by atoms with E-state index < -0.39 is 0 Å². The number of benzene rings is 2. The fraction of sp³-hybridized carbons (Fsp3) is 0.167. The van der Waals surface area contributed by atoms with Crippen molar-refractivity contribution in [1.29, 1.82) is 0 Å². The first-order chi connectivity index (χ1) is 15.6. The van der Waals surface area contributed by atoms with E-state index >= 15 is 0 Å². The van der Waals surface area contributed by atoms with Crippen molar-refractivity contribution < 1.29 is 14.3 Å². The zero-order valence-electron chi connectivity index (χ0n) is 17.8. The molecule has 1 aromatic heterocycles. The number of carbonyl (C=O) groups excluding carboxylic acids is 1. The number of thiazole rings is 1. The fourth-order valence-electron chi connectivity index (χ4n) is 3.07. The van der Waals surface area contributed by atoms with E-state index in [1.165, 1.54) is 11.3 Å². The molecular weight excluding hydrogens is 442 g/mol. The van der Waals surface area contributed by atoms with Crippen molar-refractivity contribution in [3.8, 4) is 11.5 Å². The van der Waals surface area contributed by atoms with Gasteiger partial charge in [0.1, 0.15) is 11.5 Å². The molecule has 1 aliphatic heterocycles. The zero-order chi connectivity index (χ0) is 22.3. The molecule has 0 unspecified atom stereocenters. The van der Waals surface area contributed by atoms with E-state index in [1.807, 2.05) is 66.1 Å². The Morgan fingerprint density at radius 2 is 1.75 bits per heavy atom. The number of nitrogens with one attached hydrogen (secondary N) is 1. The molecule has 1 saturated heterocycles. The van der Waals surface area contributed by atoms with Gasteiger partial charge in [0.05, 0.1) is 24.9 Å². The van der Waals surface area contributed by atoms with E-state index in [2.05, 4.69) is 10.3 Å². The van der Waals surface area contributed by atoms with Crippen molar-refractivity contribution in [3.63, 3.8) is 0 Å². The van der Waals surface area contributed by atoms with Crippen LogP contribution in [0.2, 0.25) is 0 Å². The molecule has 2 aromatic carbocycles. The maximum Gasteiger partial charge on any atom is 0.251 e. The molecule has 4 rings (SSSR count). The third-order valence-corrected chi connectivity index (χ3v) is 6.56. The molecule has 0 aliphatic carbocycles. The molecule has 1 fully saturated rings. The van der Waals surface area contributed by atoms with E-state index in [1.54, 1.807) is 37.0 Å². The number of aromatic nitrogens is 1. The maximum absolute atomic E-state index is 12.8. The van der Waals surface area contributed by atoms with Gasteiger partial charge in [0.2, 0.25) is 0 Å². The number of anilines is 2. The Bertz CT molecular complexity index is 1120. The van der Waals surface area contributed by atoms with Gasteiger partial charge < -0.3 is 19.7 Å². The molecule has 2 heterocycles. The van der Waals surface area contributed by atoms with Crippen LogP contribution in [0.1, 0.15) is 11.3 Å². The quantitative estimate of drug-likeness (QED) is 0.466. The number of thioether (sulfide) groups is 1. The highest BCUT2D eigenvalue weighted by molar-refractivity contribution is 8.03. The normalized spacial score (nSPS) is 14.8. The number of carbonyl (C=O) groups is 1. The lowest BCUT2D eigenvalue weighted by Crippen LogP contribution is -2.24. The minimum Gasteiger partial charge on any atom is -0.497 e. The Kier molecular flexibility index (Phi) is 7.14. The van der Waals surface area contributed by atoms with Gasteiger partial charge in [0, 0.05) is 29.4 Å². The minimum absolute atomic E-state index is 0.0381. The van der Waals surface area contributed by atoms with Gasteiger partial charge in [-0.15, -0.1) is 23.1 Å². The average molecular weight is 466 g/mol. The van der Waals surface area contributed by atoms with Crippen molar-refractivity contribution in [2.24, 2.45) is 0 Å². The molecule has 8 heteroatoms. The van der Waals surface area contributed by atoms with Crippen LogP contribution in [0.4, 0.5) is 10.8 Å². The molecule has 3 aromatic rings. The van der Waals surface area contributed by atoms with Crippen molar-refractivity contribution in [3.05, 3.63) is 76.3 Å². The highest BCUT2D eigenvalue weighted by Gasteiger charge is 2.22. The van der Waals surface area contributed by atoms with Crippen LogP contribution in [0.25, 0.3) is 12.2 Å². The Labute approximate surface area is 195 Å². The highest BCUT2D eigenvalue weighted by atomic mass is 32.2. The standard InChI is InChI=1S/C24H23N3O3S2/c1-29-20-8-3-17(4-9-20)5-12-22(28)27-13-14-31-23(27)15-19-16-32-24(26-19)25-18-6-10-21(30-2)11-7-18/h3-12,15-16H,13-14H2,1-2H3,(H,25,26)/b12-5+,23-15+. The lowest BCUT2D eigenvalue weighted by atomic mass is 10.2. The van der Waals surface area contributed by atoms with Crippen LogP contribution in [0.5, 0.6) is 11.5 Å². The van der Waals surface area contributed by atoms with Gasteiger partial charge in [0.15, 0.2) is 5.13 Å². The van der Waals surface area contributed by atoms with Gasteiger partial charge in [-0.2, -0.15) is 0 Å². The monoisotopic (exact) mass is 465 g/mol. The van der Waals surface area contributed by atoms with Crippen molar-refractivity contribution in [1.82, 2.24) is 9.88 Å². The molecule has 1 N–H and O–H groups in total. The second kappa shape index (κ2) is 10.4. The van der Waals surface area contributed by atoms with E-state index in [-0.39, 0.29) is 5.91 Å². The van der Waals surface area contributed by atoms with Crippen LogP contribution >= 0.6 is 23.1 Å². The van der Waals surface area contributed by atoms with Crippen LogP contribution in [-0.2, 0) is 4.79 Å². The van der Waals surface area contributed by atoms with E-state index in [0.29, 0.717) is 6.54 Å². The summed E-state index contributed by atoms with van der Waals surface area (Å²) in [6.45, 7) is 0.684. The molecule has 6 nitrogen and oxygen atoms in total. The number of hydrogen-bond acceptors (Lipinski definition) is 7. The number of methoxy groups -OCH3 is 2. The average Bonchev–Trinajstić information content (AvgIpc) is 3.48. The molecule has 0 radical (unpaired) electrons. The first kappa shape index (κ1) is 22.0. The minimum atomic E-state index is -0.0381. The summed E-state index contributed by atoms with van der Waals surface area (Å²) in [6.07, 6.45) is 5.40. The van der Waals surface area contributed by atoms with Crippen molar-refractivity contribution >= 4 is 52.0 Å². The highest BCUT2D eigenvalue weighted by Crippen LogP contribution is 2.31. The van der Waals surface area contributed by atoms with Crippen LogP contribution in [-0.4, -0.2) is 42.3 Å². The first-order valence-corrected chi connectivity index (χ1v) is 11.9. The molecular formula is C24H23N3O3S2. The lowest BCUT2D eigenvalue weighted by Gasteiger charge is -2.14. The van der Waals surface area contributed by atoms with Crippen molar-refractivity contribution in [2.75, 3.05) is 31.8 Å². The Morgan fingerprint density at radius 3 is 2.44 bits per heavy atom. The Hall–Kier alpha value is -3.23. The topological polar surface area (TPSA) is 63.7 Å². The third kappa shape index (κ3) is 5.52. The number of amides is 1. The number of ether oxygens (including phenoxy) is 2. The molecule has 0 bridgehead atoms. The predicted octanol–water partition coefficient (Wildman–Crippen LogP) is 5.49. The van der Waals surface area contributed by atoms with E-state index in [9.17, 15) is 4.79 Å². The van der Waals surface area contributed by atoms with Crippen LogP contribution < -0.4 is 14.8 Å². The van der Waals surface area contributed by atoms with Gasteiger partial charge in [-0.25, -0.2) is 4.98 Å². The van der Waals surface area contributed by atoms with Crippen molar-refractivity contribution in [2.45, 2.75) is 0 Å². The van der Waals surface area contributed by atoms with Gasteiger partial charge in [-0.1, -0.05) is 12.1 Å². The summed E-state index contributed by atoms with van der Waals surface area (Å²) in [4.78, 5) is 19.2. The van der Waals surface area contributed by atoms with Gasteiger partial charge in [-0.3, -0.25) is 4.79 Å². The molecule has 32 heavy (non-hydrogen) atoms. The second-order valence-corrected chi connectivity index (χ2v) is 8.83. The van der Waals surface area contributed by atoms with Crippen LogP contribution in [0.15, 0.2) is 65.0 Å². The third-order valence-electron chi connectivity index (χ3n) is 4.77. The Morgan fingerprint density at radius 1 is 1.06 bits per heavy atom. The molecule has 0 saturated carbocycles. The molecule has 1 aliphatic rings. The summed E-state index contributed by atoms with van der Waals surface area (Å²) in [5.74, 6) is 2.43. The van der Waals surface area contributed by atoms with E-state index in [4.69, 9.17) is 9.47 Å². The summed E-state index contributed by atoms with van der Waals surface area (Å²) in [6, 6.07) is 15.3. The molecule has 0 atom stereocenters. The summed E-state index contributed by atoms with van der Waals surface area (Å²) in [7, 11) is 3.28. The predicted molar refractivity (Wildman–Crippen MR) is 133 cm³/mol. The fourth-order valence-corrected chi connectivity index (χ4v) is 4.79. The number of nitrogens with zero attached hydrogens (tertiary/aromatic N) is 2. The van der Waals surface area contributed by atoms with Gasteiger partial charge in [0.25, 0.3) is 5.91 Å². The van der Waals surface area contributed by atoms with Gasteiger partial charge >= 0.3 is 0 Å². The molecule has 0 spiro atoms. The maximum atomic E-state index is 12.8. The SMILES string of the molecule is COc1ccc(/C=C/C(=O)N2CCS/C2=C/c2csc(Nc3ccc(OC)cc3)n2)cc1. The lowest BCUT2D eigenvalue weighted by molar-refractivity contribution is -0.123. The zero-order valence-corrected chi connectivity index (χ0v) is 19.4. The molecule has 164 valence electrons. The summed E-state index contributed by atoms with van der Waals surface area (Å²) < 4.78 is 10.4. The second-order valence-electron chi connectivity index (χ2n) is 6.86. The van der Waals surface area contributed by atoms with Crippen LogP contribution in [0, 0.1) is 0 Å². The number of hydrogen-bond donors (Lipinski definition) is 1. The number of rotatable bonds is 7. The largest absolute Gasteiger partial charge is 0.497 e.